The lowest BCUT2D eigenvalue weighted by Crippen LogP contribution is -2.28. The van der Waals surface area contributed by atoms with Gasteiger partial charge in [0.1, 0.15) is 0 Å². The molecule has 1 unspecified atom stereocenters. The molecular weight excluding hydrogens is 130 g/mol. The van der Waals surface area contributed by atoms with Crippen LogP contribution in [0.3, 0.4) is 0 Å². The highest BCUT2D eigenvalue weighted by molar-refractivity contribution is 5.37. The molecule has 0 fully saturated rings. The Morgan fingerprint density at radius 3 is 2.40 bits per heavy atom. The van der Waals surface area contributed by atoms with E-state index in [9.17, 15) is 4.79 Å². The zero-order valence-electron chi connectivity index (χ0n) is 6.76. The molecule has 3 heteroatoms. The largest absolute Gasteiger partial charge is 0.449 e. The summed E-state index contributed by atoms with van der Waals surface area (Å²) >= 11 is 0. The van der Waals surface area contributed by atoms with Crippen LogP contribution in [0.1, 0.15) is 27.2 Å². The summed E-state index contributed by atoms with van der Waals surface area (Å²) < 4.78 is 4.52. The SMILES string of the molecule is CC(C)(C)CC(N)OC=O. The van der Waals surface area contributed by atoms with E-state index in [4.69, 9.17) is 5.73 Å². The number of carbonyl (C=O) groups excluding carboxylic acids is 1. The summed E-state index contributed by atoms with van der Waals surface area (Å²) in [6, 6.07) is 0. The highest BCUT2D eigenvalue weighted by atomic mass is 16.5. The van der Waals surface area contributed by atoms with Gasteiger partial charge in [-0.2, -0.15) is 0 Å². The van der Waals surface area contributed by atoms with Crippen LogP contribution in [0, 0.1) is 5.41 Å². The summed E-state index contributed by atoms with van der Waals surface area (Å²) in [5, 5.41) is 0. The van der Waals surface area contributed by atoms with Crippen molar-refractivity contribution in [3.8, 4) is 0 Å². The molecule has 0 aromatic carbocycles. The average Bonchev–Trinajstić information content (AvgIpc) is 1.59. The molecule has 0 aliphatic carbocycles. The maximum absolute atomic E-state index is 9.80. The van der Waals surface area contributed by atoms with Gasteiger partial charge in [-0.15, -0.1) is 0 Å². The van der Waals surface area contributed by atoms with Crippen molar-refractivity contribution in [1.82, 2.24) is 0 Å². The number of ether oxygens (including phenoxy) is 1. The van der Waals surface area contributed by atoms with E-state index in [0.717, 1.165) is 0 Å². The maximum atomic E-state index is 9.80. The topological polar surface area (TPSA) is 52.3 Å². The van der Waals surface area contributed by atoms with E-state index in [1.807, 2.05) is 20.8 Å². The highest BCUT2D eigenvalue weighted by Gasteiger charge is 2.15. The molecule has 0 heterocycles. The van der Waals surface area contributed by atoms with Crippen LogP contribution in [-0.4, -0.2) is 12.7 Å². The van der Waals surface area contributed by atoms with Crippen LogP contribution in [0.5, 0.6) is 0 Å². The second-order valence-electron chi connectivity index (χ2n) is 3.54. The van der Waals surface area contributed by atoms with E-state index < -0.39 is 6.23 Å². The third-order valence-electron chi connectivity index (χ3n) is 1.04. The molecule has 0 amide bonds. The van der Waals surface area contributed by atoms with E-state index in [-0.39, 0.29) is 5.41 Å². The van der Waals surface area contributed by atoms with Gasteiger partial charge in [0.25, 0.3) is 6.47 Å². The smallest absolute Gasteiger partial charge is 0.294 e. The van der Waals surface area contributed by atoms with Crippen LogP contribution in [0.25, 0.3) is 0 Å². The molecule has 0 saturated heterocycles. The lowest BCUT2D eigenvalue weighted by atomic mass is 9.92. The van der Waals surface area contributed by atoms with Crippen LogP contribution < -0.4 is 5.73 Å². The molecule has 0 radical (unpaired) electrons. The Kier molecular flexibility index (Phi) is 3.36. The van der Waals surface area contributed by atoms with Crippen LogP contribution in [0.2, 0.25) is 0 Å². The summed E-state index contributed by atoms with van der Waals surface area (Å²) in [6.07, 6.45) is 0.226. The molecule has 0 aliphatic rings. The lowest BCUT2D eigenvalue weighted by Gasteiger charge is -2.21. The molecule has 0 rings (SSSR count). The Morgan fingerprint density at radius 2 is 2.10 bits per heavy atom. The Bertz CT molecular complexity index is 107. The van der Waals surface area contributed by atoms with Crippen LogP contribution in [-0.2, 0) is 9.53 Å². The van der Waals surface area contributed by atoms with E-state index in [1.54, 1.807) is 0 Å². The second-order valence-corrected chi connectivity index (χ2v) is 3.54. The molecule has 60 valence electrons. The average molecular weight is 145 g/mol. The lowest BCUT2D eigenvalue weighted by molar-refractivity contribution is -0.134. The van der Waals surface area contributed by atoms with Crippen molar-refractivity contribution in [2.45, 2.75) is 33.4 Å². The Balaban J connectivity index is 3.56. The van der Waals surface area contributed by atoms with Crippen LogP contribution in [0.15, 0.2) is 0 Å². The molecule has 2 N–H and O–H groups in total. The summed E-state index contributed by atoms with van der Waals surface area (Å²) in [6.45, 7) is 6.51. The van der Waals surface area contributed by atoms with Crippen molar-refractivity contribution in [2.75, 3.05) is 0 Å². The van der Waals surface area contributed by atoms with Gasteiger partial charge in [0.2, 0.25) is 0 Å². The zero-order valence-corrected chi connectivity index (χ0v) is 6.76. The first-order valence-electron chi connectivity index (χ1n) is 3.30. The molecule has 0 aromatic rings. The van der Waals surface area contributed by atoms with Gasteiger partial charge >= 0.3 is 0 Å². The summed E-state index contributed by atoms with van der Waals surface area (Å²) in [5.41, 5.74) is 5.53. The van der Waals surface area contributed by atoms with Gasteiger partial charge in [0.05, 0.1) is 0 Å². The van der Waals surface area contributed by atoms with Gasteiger partial charge in [-0.05, 0) is 5.41 Å². The number of rotatable bonds is 3. The van der Waals surface area contributed by atoms with Crippen LogP contribution in [0.4, 0.5) is 0 Å². The molecule has 10 heavy (non-hydrogen) atoms. The molecule has 3 nitrogen and oxygen atoms in total. The summed E-state index contributed by atoms with van der Waals surface area (Å²) in [4.78, 5) is 9.80. The van der Waals surface area contributed by atoms with Gasteiger partial charge in [0.15, 0.2) is 6.23 Å². The number of hydrogen-bond donors (Lipinski definition) is 1. The Labute approximate surface area is 61.5 Å². The highest BCUT2D eigenvalue weighted by Crippen LogP contribution is 2.19. The van der Waals surface area contributed by atoms with Crippen molar-refractivity contribution in [1.29, 1.82) is 0 Å². The molecule has 0 saturated carbocycles. The quantitative estimate of drug-likeness (QED) is 0.473. The second kappa shape index (κ2) is 3.56. The normalized spacial score (nSPS) is 14.4. The van der Waals surface area contributed by atoms with Crippen molar-refractivity contribution in [3.05, 3.63) is 0 Å². The fourth-order valence-corrected chi connectivity index (χ4v) is 0.723. The van der Waals surface area contributed by atoms with Gasteiger partial charge in [-0.25, -0.2) is 0 Å². The summed E-state index contributed by atoms with van der Waals surface area (Å²) in [5.74, 6) is 0. The monoisotopic (exact) mass is 145 g/mol. The van der Waals surface area contributed by atoms with Crippen LogP contribution >= 0.6 is 0 Å². The minimum absolute atomic E-state index is 0.114. The fourth-order valence-electron chi connectivity index (χ4n) is 0.723. The van der Waals surface area contributed by atoms with E-state index in [0.29, 0.717) is 12.9 Å². The van der Waals surface area contributed by atoms with Gasteiger partial charge in [-0.1, -0.05) is 20.8 Å². The fraction of sp³-hybridized carbons (Fsp3) is 0.857. The van der Waals surface area contributed by atoms with Crippen molar-refractivity contribution in [2.24, 2.45) is 11.1 Å². The molecule has 0 aliphatic heterocycles. The third-order valence-corrected chi connectivity index (χ3v) is 1.04. The van der Waals surface area contributed by atoms with E-state index >= 15 is 0 Å². The van der Waals surface area contributed by atoms with Gasteiger partial charge in [0, 0.05) is 6.42 Å². The maximum Gasteiger partial charge on any atom is 0.294 e. The first kappa shape index (κ1) is 9.43. The summed E-state index contributed by atoms with van der Waals surface area (Å²) in [7, 11) is 0. The predicted octanol–water partition coefficient (Wildman–Crippen LogP) is 0.880. The number of carbonyl (C=O) groups is 1. The number of nitrogens with two attached hydrogens (primary N) is 1. The predicted molar refractivity (Wildman–Crippen MR) is 39.2 cm³/mol. The van der Waals surface area contributed by atoms with E-state index in [1.165, 1.54) is 0 Å². The third kappa shape index (κ3) is 5.56. The number of hydrogen-bond acceptors (Lipinski definition) is 3. The first-order valence-corrected chi connectivity index (χ1v) is 3.30. The van der Waals surface area contributed by atoms with Crippen molar-refractivity contribution in [3.63, 3.8) is 0 Å². The molecule has 1 atom stereocenters. The minimum Gasteiger partial charge on any atom is -0.449 e. The van der Waals surface area contributed by atoms with Gasteiger partial charge < -0.3 is 4.74 Å². The van der Waals surface area contributed by atoms with Gasteiger partial charge in [-0.3, -0.25) is 10.5 Å². The van der Waals surface area contributed by atoms with E-state index in [2.05, 4.69) is 4.74 Å². The molecule has 0 bridgehead atoms. The zero-order chi connectivity index (χ0) is 8.20. The minimum atomic E-state index is -0.461. The standard InChI is InChI=1S/C7H15NO2/c1-7(2,3)4-6(8)10-5-9/h5-6H,4,8H2,1-3H3. The Hall–Kier alpha value is -0.570. The molecule has 0 aromatic heterocycles. The van der Waals surface area contributed by atoms with Crippen molar-refractivity contribution >= 4 is 6.47 Å². The Morgan fingerprint density at radius 1 is 1.60 bits per heavy atom. The molecular formula is C7H15NO2. The first-order chi connectivity index (χ1) is 4.45. The molecule has 0 spiro atoms. The van der Waals surface area contributed by atoms with Crippen molar-refractivity contribution < 1.29 is 9.53 Å².